The molecule has 10 heteroatoms. The number of aryl methyl sites for hydroxylation is 1. The van der Waals surface area contributed by atoms with Crippen LogP contribution in [0.2, 0.25) is 5.02 Å². The minimum absolute atomic E-state index is 0.189. The maximum absolute atomic E-state index is 13.1. The van der Waals surface area contributed by atoms with Crippen molar-refractivity contribution in [1.82, 2.24) is 4.98 Å². The third-order valence-corrected chi connectivity index (χ3v) is 9.58. The summed E-state index contributed by atoms with van der Waals surface area (Å²) in [6.07, 6.45) is -3.33. The van der Waals surface area contributed by atoms with Crippen LogP contribution in [0.3, 0.4) is 0 Å². The molecule has 4 rings (SSSR count). The molecule has 1 aliphatic heterocycles. The molecular weight excluding hydrogens is 493 g/mol. The lowest BCUT2D eigenvalue weighted by atomic mass is 10.1. The van der Waals surface area contributed by atoms with Gasteiger partial charge < -0.3 is 4.90 Å². The molecule has 4 nitrogen and oxygen atoms in total. The van der Waals surface area contributed by atoms with Crippen LogP contribution in [-0.2, 0) is 22.4 Å². The number of sulfone groups is 1. The van der Waals surface area contributed by atoms with Gasteiger partial charge in [-0.05, 0) is 49.1 Å². The third kappa shape index (κ3) is 5.20. The number of hydrogen-bond donors (Lipinski definition) is 0. The van der Waals surface area contributed by atoms with Crippen LogP contribution in [0, 0.1) is 6.92 Å². The van der Waals surface area contributed by atoms with Gasteiger partial charge in [-0.3, -0.25) is 0 Å². The quantitative estimate of drug-likeness (QED) is 0.409. The van der Waals surface area contributed by atoms with Crippen molar-refractivity contribution < 1.29 is 21.6 Å². The molecule has 0 unspecified atom stereocenters. The Kier molecular flexibility index (Phi) is 6.75. The first-order chi connectivity index (χ1) is 15.6. The molecule has 176 valence electrons. The Morgan fingerprint density at radius 1 is 1.15 bits per heavy atom. The van der Waals surface area contributed by atoms with Crippen molar-refractivity contribution in [2.75, 3.05) is 18.0 Å². The number of aromatic nitrogens is 1. The molecule has 1 saturated heterocycles. The lowest BCUT2D eigenvalue weighted by Gasteiger charge is -2.31. The van der Waals surface area contributed by atoms with Gasteiger partial charge in [0.15, 0.2) is 15.0 Å². The van der Waals surface area contributed by atoms with E-state index in [1.165, 1.54) is 22.5 Å². The van der Waals surface area contributed by atoms with Crippen molar-refractivity contribution >= 4 is 37.9 Å². The molecule has 1 aromatic heterocycles. The number of anilines is 1. The van der Waals surface area contributed by atoms with Crippen molar-refractivity contribution in [3.8, 4) is 0 Å². The summed E-state index contributed by atoms with van der Waals surface area (Å²) in [6, 6.07) is 10.6. The molecule has 0 saturated carbocycles. The largest absolute Gasteiger partial charge is 0.416 e. The number of rotatable bonds is 5. The van der Waals surface area contributed by atoms with Gasteiger partial charge in [-0.25, -0.2) is 13.4 Å². The molecule has 2 aromatic carbocycles. The minimum Gasteiger partial charge on any atom is -0.348 e. The number of benzene rings is 2. The van der Waals surface area contributed by atoms with Crippen LogP contribution in [-0.4, -0.2) is 31.7 Å². The van der Waals surface area contributed by atoms with Gasteiger partial charge in [0.05, 0.1) is 26.4 Å². The Morgan fingerprint density at radius 2 is 1.85 bits per heavy atom. The summed E-state index contributed by atoms with van der Waals surface area (Å²) in [7, 11) is -4.00. The highest BCUT2D eigenvalue weighted by Crippen LogP contribution is 2.36. The average Bonchev–Trinajstić information content (AvgIpc) is 3.23. The summed E-state index contributed by atoms with van der Waals surface area (Å²) in [6.45, 7) is 2.97. The van der Waals surface area contributed by atoms with Crippen molar-refractivity contribution in [2.24, 2.45) is 0 Å². The van der Waals surface area contributed by atoms with Crippen molar-refractivity contribution in [3.05, 3.63) is 75.3 Å². The molecular formula is C23H22ClF3N2O2S2. The van der Waals surface area contributed by atoms with Crippen LogP contribution in [0.5, 0.6) is 0 Å². The second-order valence-electron chi connectivity index (χ2n) is 8.10. The number of alkyl halides is 3. The topological polar surface area (TPSA) is 50.3 Å². The standard InChI is InChI=1S/C23H22ClF3N2O2S2/c1-15-4-2-3-5-16(15)12-18-14-32-22(28-18)29-10-8-19(9-11-29)33(30,31)21-13-17(23(25,26)27)6-7-20(21)24/h2-7,13-14,19H,8-12H2,1H3. The van der Waals surface area contributed by atoms with Gasteiger partial charge >= 0.3 is 6.18 Å². The molecule has 0 radical (unpaired) electrons. The van der Waals surface area contributed by atoms with Gasteiger partial charge in [-0.15, -0.1) is 11.3 Å². The fourth-order valence-corrected chi connectivity index (χ4v) is 7.10. The summed E-state index contributed by atoms with van der Waals surface area (Å²) in [5.74, 6) is 0. The zero-order valence-corrected chi connectivity index (χ0v) is 20.2. The van der Waals surface area contributed by atoms with E-state index in [9.17, 15) is 21.6 Å². The van der Waals surface area contributed by atoms with Gasteiger partial charge in [-0.2, -0.15) is 13.2 Å². The predicted molar refractivity (Wildman–Crippen MR) is 125 cm³/mol. The zero-order chi connectivity index (χ0) is 23.8. The van der Waals surface area contributed by atoms with Crippen LogP contribution in [0.15, 0.2) is 52.7 Å². The molecule has 1 aliphatic rings. The van der Waals surface area contributed by atoms with Crippen molar-refractivity contribution in [1.29, 1.82) is 0 Å². The maximum atomic E-state index is 13.1. The predicted octanol–water partition coefficient (Wildman–Crippen LogP) is 6.16. The first-order valence-electron chi connectivity index (χ1n) is 10.4. The van der Waals surface area contributed by atoms with E-state index in [1.54, 1.807) is 0 Å². The number of nitrogens with zero attached hydrogens (tertiary/aromatic N) is 2. The van der Waals surface area contributed by atoms with Gasteiger partial charge in [-0.1, -0.05) is 35.9 Å². The Hall–Kier alpha value is -2.10. The maximum Gasteiger partial charge on any atom is 0.416 e. The second-order valence-corrected chi connectivity index (χ2v) is 11.5. The first kappa shape index (κ1) is 24.0. The molecule has 0 bridgehead atoms. The summed E-state index contributed by atoms with van der Waals surface area (Å²) in [4.78, 5) is 6.30. The Bertz CT molecular complexity index is 1250. The number of piperidine rings is 1. The van der Waals surface area contributed by atoms with E-state index >= 15 is 0 Å². The fraction of sp³-hybridized carbons (Fsp3) is 0.348. The SMILES string of the molecule is Cc1ccccc1Cc1csc(N2CCC(S(=O)(=O)c3cc(C(F)(F)F)ccc3Cl)CC2)n1. The highest BCUT2D eigenvalue weighted by atomic mass is 35.5. The van der Waals surface area contributed by atoms with E-state index in [4.69, 9.17) is 16.6 Å². The molecule has 0 amide bonds. The van der Waals surface area contributed by atoms with Gasteiger partial charge in [0, 0.05) is 24.9 Å². The van der Waals surface area contributed by atoms with Gasteiger partial charge in [0.1, 0.15) is 0 Å². The lowest BCUT2D eigenvalue weighted by Crippen LogP contribution is -2.39. The lowest BCUT2D eigenvalue weighted by molar-refractivity contribution is -0.137. The highest BCUT2D eigenvalue weighted by molar-refractivity contribution is 7.92. The monoisotopic (exact) mass is 514 g/mol. The summed E-state index contributed by atoms with van der Waals surface area (Å²) in [5.41, 5.74) is 2.34. The molecule has 1 fully saturated rings. The van der Waals surface area contributed by atoms with E-state index in [2.05, 4.69) is 19.1 Å². The van der Waals surface area contributed by atoms with Gasteiger partial charge in [0.2, 0.25) is 0 Å². The van der Waals surface area contributed by atoms with E-state index in [0.29, 0.717) is 32.0 Å². The minimum atomic E-state index is -4.64. The van der Waals surface area contributed by atoms with Crippen LogP contribution >= 0.6 is 22.9 Å². The van der Waals surface area contributed by atoms with E-state index in [0.717, 1.165) is 29.4 Å². The second kappa shape index (κ2) is 9.27. The molecule has 0 N–H and O–H groups in total. The Balaban J connectivity index is 1.45. The Labute approximate surface area is 200 Å². The van der Waals surface area contributed by atoms with E-state index < -0.39 is 31.7 Å². The first-order valence-corrected chi connectivity index (χ1v) is 13.2. The van der Waals surface area contributed by atoms with Crippen LogP contribution < -0.4 is 4.90 Å². The molecule has 3 aromatic rings. The summed E-state index contributed by atoms with van der Waals surface area (Å²) < 4.78 is 65.4. The zero-order valence-electron chi connectivity index (χ0n) is 17.8. The molecule has 0 atom stereocenters. The smallest absolute Gasteiger partial charge is 0.348 e. The normalized spacial score (nSPS) is 15.7. The van der Waals surface area contributed by atoms with Crippen molar-refractivity contribution in [3.63, 3.8) is 0 Å². The summed E-state index contributed by atoms with van der Waals surface area (Å²) >= 11 is 7.50. The molecule has 2 heterocycles. The molecule has 33 heavy (non-hydrogen) atoms. The van der Waals surface area contributed by atoms with E-state index in [1.807, 2.05) is 22.4 Å². The van der Waals surface area contributed by atoms with Crippen LogP contribution in [0.4, 0.5) is 18.3 Å². The number of thiazole rings is 1. The average molecular weight is 515 g/mol. The van der Waals surface area contributed by atoms with Crippen LogP contribution in [0.25, 0.3) is 0 Å². The van der Waals surface area contributed by atoms with Crippen LogP contribution in [0.1, 0.15) is 35.2 Å². The number of hydrogen-bond acceptors (Lipinski definition) is 5. The van der Waals surface area contributed by atoms with Gasteiger partial charge in [0.25, 0.3) is 0 Å². The molecule has 0 aliphatic carbocycles. The van der Waals surface area contributed by atoms with Crippen molar-refractivity contribution in [2.45, 2.75) is 42.5 Å². The molecule has 0 spiro atoms. The van der Waals surface area contributed by atoms with E-state index in [-0.39, 0.29) is 5.02 Å². The number of halogens is 4. The highest BCUT2D eigenvalue weighted by Gasteiger charge is 2.36. The fourth-order valence-electron chi connectivity index (χ4n) is 3.96. The Morgan fingerprint density at radius 3 is 2.52 bits per heavy atom. The summed E-state index contributed by atoms with van der Waals surface area (Å²) in [5, 5.41) is 1.85. The third-order valence-electron chi connectivity index (χ3n) is 5.89.